The molecule has 2 N–H and O–H groups in total. The molecule has 36 heteroatoms. The van der Waals surface area contributed by atoms with Gasteiger partial charge in [0.2, 0.25) is 88.2 Å². The molecular formula is C108H122N16O20. The third-order valence-corrected chi connectivity index (χ3v) is 27.0. The van der Waals surface area contributed by atoms with Crippen LogP contribution in [-0.4, -0.2) is 234 Å². The van der Waals surface area contributed by atoms with E-state index >= 15 is 0 Å². The van der Waals surface area contributed by atoms with Crippen LogP contribution in [0.5, 0.6) is 40.2 Å². The van der Waals surface area contributed by atoms with Crippen molar-refractivity contribution in [3.05, 3.63) is 223 Å². The Bertz CT molecular complexity index is 5900. The Balaban J connectivity index is 0.000000133. The number of carboxylic acid groups (broad SMARTS) is 1. The Kier molecular flexibility index (Phi) is 34.1. The molecule has 0 bridgehead atoms. The van der Waals surface area contributed by atoms with Crippen molar-refractivity contribution in [2.75, 3.05) is 146 Å². The van der Waals surface area contributed by atoms with Crippen LogP contribution in [0, 0.1) is 30.6 Å². The predicted molar refractivity (Wildman–Crippen MR) is 534 cm³/mol. The highest BCUT2D eigenvalue weighted by atomic mass is 16.5. The number of benzene rings is 8. The molecule has 8 fully saturated rings. The van der Waals surface area contributed by atoms with Crippen molar-refractivity contribution < 1.29 is 94.7 Å². The number of anilines is 4. The van der Waals surface area contributed by atoms with Crippen LogP contribution in [0.2, 0.25) is 0 Å². The zero-order valence-electron chi connectivity index (χ0n) is 82.3. The number of aliphatic carboxylic acids is 1. The zero-order valence-corrected chi connectivity index (χ0v) is 82.3. The maximum absolute atomic E-state index is 13.2. The summed E-state index contributed by atoms with van der Waals surface area (Å²) >= 11 is 0. The highest BCUT2D eigenvalue weighted by Gasteiger charge is 2.44. The minimum atomic E-state index is -0.901. The average Bonchev–Trinajstić information content (AvgIpc) is 1.65. The smallest absolute Gasteiger partial charge is 0.308 e. The van der Waals surface area contributed by atoms with E-state index in [9.17, 15) is 38.4 Å². The Morgan fingerprint density at radius 2 is 0.583 bits per heavy atom. The first-order valence-corrected chi connectivity index (χ1v) is 49.4. The van der Waals surface area contributed by atoms with Gasteiger partial charge in [-0.25, -0.2) is 0 Å². The molecule has 8 aromatic carbocycles. The number of carboxylic acids is 1. The van der Waals surface area contributed by atoms with Crippen molar-refractivity contribution in [1.29, 1.82) is 0 Å². The van der Waals surface area contributed by atoms with E-state index in [0.29, 0.717) is 167 Å². The lowest BCUT2D eigenvalue weighted by Gasteiger charge is -2.32. The molecule has 754 valence electrons. The highest BCUT2D eigenvalue weighted by Crippen LogP contribution is 2.42. The van der Waals surface area contributed by atoms with Gasteiger partial charge in [0.15, 0.2) is 34.5 Å². The fourth-order valence-corrected chi connectivity index (χ4v) is 19.2. The van der Waals surface area contributed by atoms with Crippen molar-refractivity contribution in [2.45, 2.75) is 135 Å². The summed E-state index contributed by atoms with van der Waals surface area (Å²) in [6.07, 6.45) is 7.42. The van der Waals surface area contributed by atoms with E-state index in [4.69, 9.17) is 56.4 Å². The third-order valence-electron chi connectivity index (χ3n) is 27.0. The van der Waals surface area contributed by atoms with Gasteiger partial charge in [0.05, 0.1) is 71.4 Å². The van der Waals surface area contributed by atoms with Gasteiger partial charge in [-0.1, -0.05) is 93.4 Å². The molecule has 36 nitrogen and oxygen atoms in total. The lowest BCUT2D eigenvalue weighted by molar-refractivity contribution is -0.141. The van der Waals surface area contributed by atoms with Crippen LogP contribution in [-0.2, 0) is 38.4 Å². The first-order chi connectivity index (χ1) is 70.2. The van der Waals surface area contributed by atoms with Gasteiger partial charge in [-0.05, 0) is 226 Å². The van der Waals surface area contributed by atoms with E-state index in [0.717, 1.165) is 127 Å². The number of para-hydroxylation sites is 4. The molecule has 4 aromatic heterocycles. The number of methoxy groups -OCH3 is 3. The van der Waals surface area contributed by atoms with Gasteiger partial charge in [0.1, 0.15) is 5.75 Å². The molecule has 144 heavy (non-hydrogen) atoms. The average molecular weight is 1960 g/mol. The van der Waals surface area contributed by atoms with Crippen LogP contribution in [0.15, 0.2) is 212 Å². The zero-order chi connectivity index (χ0) is 101. The molecule has 8 aliphatic heterocycles. The largest absolute Gasteiger partial charge is 0.494 e. The second-order valence-corrected chi connectivity index (χ2v) is 36.3. The Morgan fingerprint density at radius 1 is 0.333 bits per heavy atom. The number of aromatic nitrogens is 8. The summed E-state index contributed by atoms with van der Waals surface area (Å²) in [5, 5.41) is 28.8. The second-order valence-electron chi connectivity index (χ2n) is 36.3. The molecule has 4 atom stereocenters. The van der Waals surface area contributed by atoms with Crippen LogP contribution in [0.25, 0.3) is 45.6 Å². The van der Waals surface area contributed by atoms with E-state index < -0.39 is 11.9 Å². The SMILES string of the molecule is CCOc1ccc(-c2noc(C3CCN(C(=O)C4CC(=O)N(c5ccccc5)C4)CC3)n2)cc1OC.CCOc1ccc(-c2noc(C3CCN(C(=O)[C@@H]4CC(=O)N(c5ccccc5)C4)CC3)n2)cc1OC.CCOc1ccc(-c2noc(C3CCN(C(=O)[C@H]4CC(=O)N(c5ccccc5)C4)CC3)n2)cc1OC.CCOc1ccc(-c2noc(C3CCNCC3)n2)cc1C.O=C(O)C1CC(=O)N(c2ccccc2)C1. The van der Waals surface area contributed by atoms with Gasteiger partial charge < -0.3 is 96.0 Å². The summed E-state index contributed by atoms with van der Waals surface area (Å²) in [5.74, 6) is 7.69. The third kappa shape index (κ3) is 24.7. The fourth-order valence-electron chi connectivity index (χ4n) is 19.2. The van der Waals surface area contributed by atoms with Crippen LogP contribution >= 0.6 is 0 Å². The molecule has 0 spiro atoms. The second kappa shape index (κ2) is 48.4. The lowest BCUT2D eigenvalue weighted by Crippen LogP contribution is -2.42. The topological polar surface area (TPSA) is 412 Å². The number of ether oxygens (including phenoxy) is 7. The Hall–Kier alpha value is -15.4. The van der Waals surface area contributed by atoms with E-state index in [1.807, 2.05) is 243 Å². The van der Waals surface area contributed by atoms with Gasteiger partial charge in [-0.3, -0.25) is 38.4 Å². The normalized spacial score (nSPS) is 18.4. The van der Waals surface area contributed by atoms with Crippen LogP contribution in [0.3, 0.4) is 0 Å². The van der Waals surface area contributed by atoms with E-state index in [2.05, 4.69) is 45.9 Å². The number of rotatable bonds is 27. The van der Waals surface area contributed by atoms with Gasteiger partial charge in [0.25, 0.3) is 0 Å². The van der Waals surface area contributed by atoms with Crippen molar-refractivity contribution in [3.63, 3.8) is 0 Å². The number of aryl methyl sites for hydroxylation is 1. The molecular weight excluding hydrogens is 1840 g/mol. The summed E-state index contributed by atoms with van der Waals surface area (Å²) in [6, 6.07) is 60.3. The molecule has 2 unspecified atom stereocenters. The fraction of sp³-hybridized carbons (Fsp3) is 0.407. The molecule has 0 saturated carbocycles. The molecule has 12 heterocycles. The first kappa shape index (κ1) is 102. The lowest BCUT2D eigenvalue weighted by atomic mass is 9.95. The van der Waals surface area contributed by atoms with E-state index in [1.54, 1.807) is 36.0 Å². The molecule has 20 rings (SSSR count). The molecule has 0 aliphatic carbocycles. The standard InChI is InChI=1S/3C27H30N4O5.C16H21N3O2.C11H11NO3/c3*1-3-35-22-10-9-19(15-23(22)34-2)25-28-26(36-29-25)18-11-13-30(14-12-18)27(33)20-16-24(32)31(17-20)21-7-5-4-6-8-21;1-3-20-14-5-4-13(10-11(14)2)15-18-16(21-19-15)12-6-8-17-9-7-12;13-10-6-8(11(14)15)7-12(10)9-4-2-1-3-5-9/h3*4-10,15,18,20H,3,11-14,16-17H2,1-2H3;4-5,10,12,17H,3,6-9H2,1-2H3;1-5,8H,6-7H2,(H,14,15)/t2*20-;;;/m10.../s1. The number of carbonyl (C=O) groups excluding carboxylic acids is 7. The Morgan fingerprint density at radius 3 is 0.840 bits per heavy atom. The molecule has 0 radical (unpaired) electrons. The number of hydrogen-bond donors (Lipinski definition) is 2. The molecule has 8 aliphatic rings. The predicted octanol–water partition coefficient (Wildman–Crippen LogP) is 15.7. The van der Waals surface area contributed by atoms with E-state index in [1.165, 1.54) is 4.90 Å². The van der Waals surface area contributed by atoms with Crippen molar-refractivity contribution in [1.82, 2.24) is 60.6 Å². The summed E-state index contributed by atoms with van der Waals surface area (Å²) in [7, 11) is 4.79. The minimum Gasteiger partial charge on any atom is -0.494 e. The molecule has 8 saturated heterocycles. The van der Waals surface area contributed by atoms with Crippen LogP contribution in [0.1, 0.15) is 158 Å². The van der Waals surface area contributed by atoms with Gasteiger partial charge in [-0.2, -0.15) is 19.9 Å². The Labute approximate surface area is 835 Å². The highest BCUT2D eigenvalue weighted by molar-refractivity contribution is 6.03. The van der Waals surface area contributed by atoms with Crippen molar-refractivity contribution in [3.8, 4) is 85.8 Å². The molecule has 12 aromatic rings. The monoisotopic (exact) mass is 1960 g/mol. The number of amides is 7. The summed E-state index contributed by atoms with van der Waals surface area (Å²) in [4.78, 5) is 130. The van der Waals surface area contributed by atoms with Gasteiger partial charge in [0, 0.05) is 160 Å². The maximum atomic E-state index is 13.2. The number of nitrogens with zero attached hydrogens (tertiary/aromatic N) is 15. The van der Waals surface area contributed by atoms with Crippen LogP contribution < -0.4 is 58.1 Å². The number of nitrogens with one attached hydrogen (secondary N) is 1. The minimum absolute atomic E-state index is 0.00116. The number of hydrogen-bond acceptors (Lipinski definition) is 28. The quantitative estimate of drug-likeness (QED) is 0.0483. The van der Waals surface area contributed by atoms with E-state index in [-0.39, 0.29) is 109 Å². The van der Waals surface area contributed by atoms with Crippen molar-refractivity contribution in [2.24, 2.45) is 23.7 Å². The number of likely N-dealkylation sites (tertiary alicyclic amines) is 3. The van der Waals surface area contributed by atoms with Gasteiger partial charge >= 0.3 is 5.97 Å². The van der Waals surface area contributed by atoms with Gasteiger partial charge in [-0.15, -0.1) is 0 Å². The number of piperidine rings is 4. The number of carbonyl (C=O) groups is 8. The first-order valence-electron chi connectivity index (χ1n) is 49.4. The summed E-state index contributed by atoms with van der Waals surface area (Å²) < 4.78 is 60.8. The molecule has 7 amide bonds. The van der Waals surface area contributed by atoms with Crippen molar-refractivity contribution >= 4 is 70.1 Å². The summed E-state index contributed by atoms with van der Waals surface area (Å²) in [5.41, 5.74) is 7.70. The van der Waals surface area contributed by atoms with Crippen LogP contribution in [0.4, 0.5) is 22.7 Å². The summed E-state index contributed by atoms with van der Waals surface area (Å²) in [6.45, 7) is 19.3. The maximum Gasteiger partial charge on any atom is 0.308 e.